The number of rotatable bonds is 5. The molecule has 0 radical (unpaired) electrons. The number of benzene rings is 1. The van der Waals surface area contributed by atoms with E-state index in [2.05, 4.69) is 5.32 Å². The van der Waals surface area contributed by atoms with Gasteiger partial charge < -0.3 is 15.8 Å². The van der Waals surface area contributed by atoms with Gasteiger partial charge in [-0.1, -0.05) is 12.1 Å². The van der Waals surface area contributed by atoms with Gasteiger partial charge >= 0.3 is 5.97 Å². The van der Waals surface area contributed by atoms with Crippen LogP contribution in [0.1, 0.15) is 38.2 Å². The Morgan fingerprint density at radius 3 is 2.64 bits per heavy atom. The quantitative estimate of drug-likeness (QED) is 0.644. The van der Waals surface area contributed by atoms with Gasteiger partial charge in [0.25, 0.3) is 0 Å². The molecule has 0 bridgehead atoms. The summed E-state index contributed by atoms with van der Waals surface area (Å²) in [5.74, 6) is -0.112. The predicted molar refractivity (Wildman–Crippen MR) is 85.1 cm³/mol. The molecule has 0 unspecified atom stereocenters. The minimum absolute atomic E-state index is 0.00480. The topological polar surface area (TPSA) is 81.4 Å². The molecule has 22 heavy (non-hydrogen) atoms. The number of nitrogen functional groups attached to an aromatic ring is 1. The van der Waals surface area contributed by atoms with E-state index in [-0.39, 0.29) is 23.8 Å². The van der Waals surface area contributed by atoms with Crippen LogP contribution >= 0.6 is 0 Å². The molecule has 1 aliphatic rings. The molecule has 1 saturated carbocycles. The highest BCUT2D eigenvalue weighted by Gasteiger charge is 2.27. The second-order valence-electron chi connectivity index (χ2n) is 5.79. The molecule has 5 nitrogen and oxygen atoms in total. The third-order valence-corrected chi connectivity index (χ3v) is 4.03. The largest absolute Gasteiger partial charge is 0.466 e. The first-order valence-electron chi connectivity index (χ1n) is 7.89. The molecule has 0 spiro atoms. The highest BCUT2D eigenvalue weighted by molar-refractivity contribution is 5.79. The van der Waals surface area contributed by atoms with Gasteiger partial charge in [-0.2, -0.15) is 0 Å². The Morgan fingerprint density at radius 2 is 2.00 bits per heavy atom. The number of ether oxygens (including phenoxy) is 1. The summed E-state index contributed by atoms with van der Waals surface area (Å²) in [4.78, 5) is 23.7. The van der Waals surface area contributed by atoms with Gasteiger partial charge in [0.1, 0.15) is 0 Å². The Bertz CT molecular complexity index is 522. The van der Waals surface area contributed by atoms with Crippen molar-refractivity contribution in [3.8, 4) is 0 Å². The van der Waals surface area contributed by atoms with E-state index in [4.69, 9.17) is 10.5 Å². The van der Waals surface area contributed by atoms with E-state index in [1.165, 1.54) is 0 Å². The molecule has 0 heterocycles. The third kappa shape index (κ3) is 4.76. The van der Waals surface area contributed by atoms with Gasteiger partial charge in [0.05, 0.1) is 18.9 Å². The summed E-state index contributed by atoms with van der Waals surface area (Å²) in [6.07, 6.45) is 3.55. The number of amides is 1. The van der Waals surface area contributed by atoms with Crippen LogP contribution in [0.25, 0.3) is 0 Å². The second kappa shape index (κ2) is 7.82. The maximum absolute atomic E-state index is 12.1. The maximum atomic E-state index is 12.1. The van der Waals surface area contributed by atoms with E-state index in [9.17, 15) is 9.59 Å². The second-order valence-corrected chi connectivity index (χ2v) is 5.79. The molecule has 1 aliphatic carbocycles. The average molecular weight is 304 g/mol. The minimum atomic E-state index is -0.105. The normalized spacial score (nSPS) is 21.1. The molecule has 1 fully saturated rings. The van der Waals surface area contributed by atoms with E-state index >= 15 is 0 Å². The van der Waals surface area contributed by atoms with Crippen molar-refractivity contribution in [1.82, 2.24) is 5.32 Å². The van der Waals surface area contributed by atoms with Crippen LogP contribution in [0.4, 0.5) is 5.69 Å². The number of hydrogen-bond donors (Lipinski definition) is 2. The van der Waals surface area contributed by atoms with E-state index < -0.39 is 0 Å². The van der Waals surface area contributed by atoms with Crippen molar-refractivity contribution in [1.29, 1.82) is 0 Å². The molecule has 0 aliphatic heterocycles. The summed E-state index contributed by atoms with van der Waals surface area (Å²) in [5.41, 5.74) is 7.29. The number of carbonyl (C=O) groups excluding carboxylic acids is 2. The highest BCUT2D eigenvalue weighted by atomic mass is 16.5. The first kappa shape index (κ1) is 16.3. The molecule has 1 aromatic rings. The molecule has 1 amide bonds. The van der Waals surface area contributed by atoms with Crippen molar-refractivity contribution in [2.45, 2.75) is 45.1 Å². The Kier molecular flexibility index (Phi) is 5.81. The van der Waals surface area contributed by atoms with Gasteiger partial charge in [-0.3, -0.25) is 9.59 Å². The van der Waals surface area contributed by atoms with Gasteiger partial charge in [-0.25, -0.2) is 0 Å². The summed E-state index contributed by atoms with van der Waals surface area (Å²) < 4.78 is 5.05. The van der Waals surface area contributed by atoms with Crippen LogP contribution in [0.3, 0.4) is 0 Å². The molecular weight excluding hydrogens is 280 g/mol. The number of carbonyl (C=O) groups is 2. The zero-order chi connectivity index (χ0) is 15.9. The van der Waals surface area contributed by atoms with Crippen molar-refractivity contribution in [2.75, 3.05) is 12.3 Å². The maximum Gasteiger partial charge on any atom is 0.308 e. The molecule has 2 rings (SSSR count). The van der Waals surface area contributed by atoms with Crippen LogP contribution in [0.2, 0.25) is 0 Å². The zero-order valence-corrected chi connectivity index (χ0v) is 13.0. The fourth-order valence-corrected chi connectivity index (χ4v) is 2.90. The first-order chi connectivity index (χ1) is 10.6. The molecule has 1 aromatic carbocycles. The lowest BCUT2D eigenvalue weighted by molar-refractivity contribution is -0.149. The van der Waals surface area contributed by atoms with Crippen LogP contribution in [-0.4, -0.2) is 24.5 Å². The van der Waals surface area contributed by atoms with Crippen molar-refractivity contribution >= 4 is 17.6 Å². The van der Waals surface area contributed by atoms with Crippen molar-refractivity contribution in [3.63, 3.8) is 0 Å². The molecular formula is C17H24N2O3. The standard InChI is InChI=1S/C17H24N2O3/c1-2-22-17(21)13-6-8-15(9-7-13)19-16(20)11-12-4-3-5-14(18)10-12/h3-5,10,13,15H,2,6-9,11,18H2,1H3,(H,19,20). The number of esters is 1. The third-order valence-electron chi connectivity index (χ3n) is 4.03. The SMILES string of the molecule is CCOC(=O)C1CCC(NC(=O)Cc2cccc(N)c2)CC1. The molecule has 0 aromatic heterocycles. The summed E-state index contributed by atoms with van der Waals surface area (Å²) in [7, 11) is 0. The number of nitrogens with two attached hydrogens (primary N) is 1. The summed E-state index contributed by atoms with van der Waals surface area (Å²) >= 11 is 0. The molecule has 0 saturated heterocycles. The highest BCUT2D eigenvalue weighted by Crippen LogP contribution is 2.25. The van der Waals surface area contributed by atoms with Crippen molar-refractivity contribution < 1.29 is 14.3 Å². The van der Waals surface area contributed by atoms with E-state index in [1.54, 1.807) is 6.07 Å². The Hall–Kier alpha value is -2.04. The summed E-state index contributed by atoms with van der Waals surface area (Å²) in [6, 6.07) is 7.52. The Balaban J connectivity index is 1.76. The number of hydrogen-bond acceptors (Lipinski definition) is 4. The molecule has 3 N–H and O–H groups in total. The van der Waals surface area contributed by atoms with Gasteiger partial charge in [0, 0.05) is 11.7 Å². The lowest BCUT2D eigenvalue weighted by atomic mass is 9.86. The minimum Gasteiger partial charge on any atom is -0.466 e. The smallest absolute Gasteiger partial charge is 0.308 e. The lowest BCUT2D eigenvalue weighted by Gasteiger charge is -2.27. The fourth-order valence-electron chi connectivity index (χ4n) is 2.90. The van der Waals surface area contributed by atoms with Gasteiger partial charge in [-0.05, 0) is 50.3 Å². The van der Waals surface area contributed by atoms with Crippen molar-refractivity contribution in [3.05, 3.63) is 29.8 Å². The molecule has 120 valence electrons. The lowest BCUT2D eigenvalue weighted by Crippen LogP contribution is -2.39. The Morgan fingerprint density at radius 1 is 1.27 bits per heavy atom. The average Bonchev–Trinajstić information content (AvgIpc) is 2.48. The van der Waals surface area contributed by atoms with Gasteiger partial charge in [0.15, 0.2) is 0 Å². The number of nitrogens with one attached hydrogen (secondary N) is 1. The first-order valence-corrected chi connectivity index (χ1v) is 7.89. The van der Waals surface area contributed by atoms with E-state index in [0.29, 0.717) is 18.7 Å². The van der Waals surface area contributed by atoms with Crippen LogP contribution in [0.15, 0.2) is 24.3 Å². The van der Waals surface area contributed by atoms with Gasteiger partial charge in [-0.15, -0.1) is 0 Å². The zero-order valence-electron chi connectivity index (χ0n) is 13.0. The summed E-state index contributed by atoms with van der Waals surface area (Å²) in [5, 5.41) is 3.05. The number of anilines is 1. The van der Waals surface area contributed by atoms with Crippen LogP contribution in [-0.2, 0) is 20.7 Å². The van der Waals surface area contributed by atoms with E-state index in [1.807, 2.05) is 25.1 Å². The van der Waals surface area contributed by atoms with E-state index in [0.717, 1.165) is 31.2 Å². The summed E-state index contributed by atoms with van der Waals surface area (Å²) in [6.45, 7) is 2.25. The van der Waals surface area contributed by atoms with Crippen LogP contribution < -0.4 is 11.1 Å². The fraction of sp³-hybridized carbons (Fsp3) is 0.529. The van der Waals surface area contributed by atoms with Gasteiger partial charge in [0.2, 0.25) is 5.91 Å². The van der Waals surface area contributed by atoms with Crippen molar-refractivity contribution in [2.24, 2.45) is 5.92 Å². The predicted octanol–water partition coefficient (Wildman–Crippen LogP) is 2.05. The van der Waals surface area contributed by atoms with Crippen LogP contribution in [0, 0.1) is 5.92 Å². The monoisotopic (exact) mass is 304 g/mol. The Labute approximate surface area is 131 Å². The molecule has 0 atom stereocenters. The van der Waals surface area contributed by atoms with Crippen LogP contribution in [0.5, 0.6) is 0 Å². The molecule has 5 heteroatoms.